The molecule has 0 unspecified atom stereocenters. The Morgan fingerprint density at radius 2 is 1.71 bits per heavy atom. The molecule has 0 aliphatic heterocycles. The van der Waals surface area contributed by atoms with Gasteiger partial charge in [0.2, 0.25) is 5.91 Å². The van der Waals surface area contributed by atoms with Crippen molar-refractivity contribution in [3.8, 4) is 0 Å². The van der Waals surface area contributed by atoms with Gasteiger partial charge in [-0.15, -0.1) is 11.8 Å². The Morgan fingerprint density at radius 3 is 2.50 bits per heavy atom. The lowest BCUT2D eigenvalue weighted by Gasteiger charge is -2.07. The van der Waals surface area contributed by atoms with Crippen LogP contribution in [-0.2, 0) is 4.79 Å². The maximum absolute atomic E-state index is 12.1. The number of carboxylic acid groups (broad SMARTS) is 1. The molecule has 0 aromatic heterocycles. The topological polar surface area (TPSA) is 66.4 Å². The minimum absolute atomic E-state index is 0.148. The van der Waals surface area contributed by atoms with Crippen molar-refractivity contribution < 1.29 is 14.7 Å². The maximum Gasteiger partial charge on any atom is 0.335 e. The molecule has 0 spiro atoms. The molecule has 0 atom stereocenters. The number of nitrogens with one attached hydrogen (secondary N) is 1. The first kappa shape index (κ1) is 16.1. The van der Waals surface area contributed by atoms with Gasteiger partial charge in [-0.05, 0) is 41.1 Å². The summed E-state index contributed by atoms with van der Waals surface area (Å²) in [6, 6.07) is 20.4. The Labute approximate surface area is 143 Å². The molecule has 4 nitrogen and oxygen atoms in total. The number of carboxylic acids is 1. The van der Waals surface area contributed by atoms with Gasteiger partial charge in [0, 0.05) is 10.6 Å². The molecule has 0 aliphatic rings. The quantitative estimate of drug-likeness (QED) is 0.682. The van der Waals surface area contributed by atoms with Crippen LogP contribution in [0, 0.1) is 0 Å². The van der Waals surface area contributed by atoms with E-state index in [4.69, 9.17) is 5.11 Å². The standard InChI is InChI=1S/C19H15NO3S/c21-18(20-16-7-3-6-15(10-16)19(22)23)12-24-17-9-8-13-4-1-2-5-14(13)11-17/h1-11H,12H2,(H,20,21)(H,22,23). The fraction of sp³-hybridized carbons (Fsp3) is 0.0526. The van der Waals surface area contributed by atoms with Crippen LogP contribution in [0.25, 0.3) is 10.8 Å². The first-order chi connectivity index (χ1) is 11.6. The zero-order chi connectivity index (χ0) is 16.9. The van der Waals surface area contributed by atoms with Gasteiger partial charge in [0.1, 0.15) is 0 Å². The van der Waals surface area contributed by atoms with E-state index in [9.17, 15) is 9.59 Å². The van der Waals surface area contributed by atoms with Gasteiger partial charge >= 0.3 is 5.97 Å². The molecule has 0 saturated carbocycles. The summed E-state index contributed by atoms with van der Waals surface area (Å²) < 4.78 is 0. The molecular weight excluding hydrogens is 322 g/mol. The zero-order valence-corrected chi connectivity index (χ0v) is 13.5. The van der Waals surface area contributed by atoms with E-state index < -0.39 is 5.97 Å². The van der Waals surface area contributed by atoms with E-state index in [0.29, 0.717) is 5.69 Å². The summed E-state index contributed by atoms with van der Waals surface area (Å²) in [6.45, 7) is 0. The minimum Gasteiger partial charge on any atom is -0.478 e. The van der Waals surface area contributed by atoms with E-state index in [1.165, 1.54) is 23.9 Å². The van der Waals surface area contributed by atoms with Crippen molar-refractivity contribution in [2.75, 3.05) is 11.1 Å². The average Bonchev–Trinajstić information content (AvgIpc) is 2.60. The van der Waals surface area contributed by atoms with E-state index >= 15 is 0 Å². The predicted octanol–water partition coefficient (Wildman–Crippen LogP) is 4.27. The van der Waals surface area contributed by atoms with Crippen molar-refractivity contribution in [2.24, 2.45) is 0 Å². The van der Waals surface area contributed by atoms with Gasteiger partial charge in [0.15, 0.2) is 0 Å². The van der Waals surface area contributed by atoms with Gasteiger partial charge in [-0.25, -0.2) is 4.79 Å². The van der Waals surface area contributed by atoms with Crippen LogP contribution in [0.15, 0.2) is 71.6 Å². The van der Waals surface area contributed by atoms with Crippen LogP contribution in [0.4, 0.5) is 5.69 Å². The molecule has 2 N–H and O–H groups in total. The Kier molecular flexibility index (Phi) is 4.82. The number of fused-ring (bicyclic) bond motifs is 1. The molecule has 0 radical (unpaired) electrons. The van der Waals surface area contributed by atoms with Gasteiger partial charge in [-0.3, -0.25) is 4.79 Å². The summed E-state index contributed by atoms with van der Waals surface area (Å²) in [5.41, 5.74) is 0.633. The second kappa shape index (κ2) is 7.19. The lowest BCUT2D eigenvalue weighted by atomic mass is 10.1. The van der Waals surface area contributed by atoms with Crippen molar-refractivity contribution in [2.45, 2.75) is 4.90 Å². The van der Waals surface area contributed by atoms with Gasteiger partial charge in [0.05, 0.1) is 11.3 Å². The highest BCUT2D eigenvalue weighted by Gasteiger charge is 2.07. The highest BCUT2D eigenvalue weighted by molar-refractivity contribution is 8.00. The fourth-order valence-electron chi connectivity index (χ4n) is 2.33. The Balaban J connectivity index is 1.62. The molecule has 0 aliphatic carbocycles. The van der Waals surface area contributed by atoms with Crippen molar-refractivity contribution in [3.05, 3.63) is 72.3 Å². The number of carbonyl (C=O) groups is 2. The van der Waals surface area contributed by atoms with Crippen molar-refractivity contribution in [1.82, 2.24) is 0 Å². The first-order valence-corrected chi connectivity index (χ1v) is 8.35. The largest absolute Gasteiger partial charge is 0.478 e. The van der Waals surface area contributed by atoms with Crippen LogP contribution >= 0.6 is 11.8 Å². The molecule has 3 rings (SSSR count). The highest BCUT2D eigenvalue weighted by atomic mass is 32.2. The van der Waals surface area contributed by atoms with Crippen LogP contribution in [0.1, 0.15) is 10.4 Å². The van der Waals surface area contributed by atoms with Crippen molar-refractivity contribution >= 4 is 40.1 Å². The van der Waals surface area contributed by atoms with Gasteiger partial charge in [-0.1, -0.05) is 36.4 Å². The smallest absolute Gasteiger partial charge is 0.335 e. The summed E-state index contributed by atoms with van der Waals surface area (Å²) in [4.78, 5) is 24.0. The number of hydrogen-bond donors (Lipinski definition) is 2. The maximum atomic E-state index is 12.1. The number of aromatic carboxylic acids is 1. The van der Waals surface area contributed by atoms with E-state index in [1.807, 2.05) is 36.4 Å². The summed E-state index contributed by atoms with van der Waals surface area (Å²) >= 11 is 1.44. The van der Waals surface area contributed by atoms with Crippen LogP contribution in [-0.4, -0.2) is 22.7 Å². The number of thioether (sulfide) groups is 1. The van der Waals surface area contributed by atoms with Crippen molar-refractivity contribution in [1.29, 1.82) is 0 Å². The molecule has 24 heavy (non-hydrogen) atoms. The van der Waals surface area contributed by atoms with Crippen LogP contribution in [0.3, 0.4) is 0 Å². The van der Waals surface area contributed by atoms with E-state index in [-0.39, 0.29) is 17.2 Å². The molecular formula is C19H15NO3S. The van der Waals surface area contributed by atoms with Gasteiger partial charge < -0.3 is 10.4 Å². The second-order valence-corrected chi connectivity index (χ2v) is 6.28. The number of benzene rings is 3. The van der Waals surface area contributed by atoms with Crippen LogP contribution in [0.5, 0.6) is 0 Å². The first-order valence-electron chi connectivity index (χ1n) is 7.36. The summed E-state index contributed by atoms with van der Waals surface area (Å²) in [5, 5.41) is 14.0. The number of hydrogen-bond acceptors (Lipinski definition) is 3. The Morgan fingerprint density at radius 1 is 0.917 bits per heavy atom. The summed E-state index contributed by atoms with van der Waals surface area (Å²) in [5.74, 6) is -0.928. The monoisotopic (exact) mass is 337 g/mol. The highest BCUT2D eigenvalue weighted by Crippen LogP contribution is 2.23. The third-order valence-electron chi connectivity index (χ3n) is 3.48. The molecule has 1 amide bonds. The van der Waals surface area contributed by atoms with Gasteiger partial charge in [-0.2, -0.15) is 0 Å². The second-order valence-electron chi connectivity index (χ2n) is 5.23. The average molecular weight is 337 g/mol. The summed E-state index contributed by atoms with van der Waals surface area (Å²) in [7, 11) is 0. The SMILES string of the molecule is O=C(CSc1ccc2ccccc2c1)Nc1cccc(C(=O)O)c1. The molecule has 0 fully saturated rings. The molecule has 0 saturated heterocycles. The molecule has 3 aromatic rings. The lowest BCUT2D eigenvalue weighted by Crippen LogP contribution is -2.14. The zero-order valence-electron chi connectivity index (χ0n) is 12.7. The third kappa shape index (κ3) is 3.94. The third-order valence-corrected chi connectivity index (χ3v) is 4.48. The van der Waals surface area contributed by atoms with Crippen molar-refractivity contribution in [3.63, 3.8) is 0 Å². The predicted molar refractivity (Wildman–Crippen MR) is 96.7 cm³/mol. The molecule has 5 heteroatoms. The number of amides is 1. The van der Waals surface area contributed by atoms with Gasteiger partial charge in [0.25, 0.3) is 0 Å². The van der Waals surface area contributed by atoms with E-state index in [2.05, 4.69) is 11.4 Å². The van der Waals surface area contributed by atoms with E-state index in [1.54, 1.807) is 12.1 Å². The number of rotatable bonds is 5. The molecule has 120 valence electrons. The minimum atomic E-state index is -1.02. The number of carbonyl (C=O) groups excluding carboxylic acids is 1. The molecule has 0 bridgehead atoms. The van der Waals surface area contributed by atoms with E-state index in [0.717, 1.165) is 15.7 Å². The Hall–Kier alpha value is -2.79. The van der Waals surface area contributed by atoms with Crippen LogP contribution in [0.2, 0.25) is 0 Å². The normalized spacial score (nSPS) is 10.5. The van der Waals surface area contributed by atoms with Crippen LogP contribution < -0.4 is 5.32 Å². The fourth-order valence-corrected chi connectivity index (χ4v) is 3.08. The lowest BCUT2D eigenvalue weighted by molar-refractivity contribution is -0.113. The molecule has 0 heterocycles. The Bertz CT molecular complexity index is 908. The molecule has 3 aromatic carbocycles. The summed E-state index contributed by atoms with van der Waals surface area (Å²) in [6.07, 6.45) is 0. The number of anilines is 1.